The number of nitrogens with one attached hydrogen (secondary N) is 1. The zero-order valence-electron chi connectivity index (χ0n) is 15.8. The number of ether oxygens (including phenoxy) is 1. The van der Waals surface area contributed by atoms with Crippen LogP contribution in [-0.4, -0.2) is 15.3 Å². The van der Waals surface area contributed by atoms with Crippen molar-refractivity contribution in [3.63, 3.8) is 0 Å². The van der Waals surface area contributed by atoms with Crippen LogP contribution in [0.1, 0.15) is 21.6 Å². The van der Waals surface area contributed by atoms with Gasteiger partial charge in [0.15, 0.2) is 0 Å². The Bertz CT molecular complexity index is 1250. The molecule has 2 heterocycles. The maximum atomic E-state index is 12.6. The van der Waals surface area contributed by atoms with Crippen LogP contribution in [0.2, 0.25) is 0 Å². The van der Waals surface area contributed by atoms with Gasteiger partial charge in [0.2, 0.25) is 0 Å². The number of aromatic nitrogens is 2. The van der Waals surface area contributed by atoms with Gasteiger partial charge in [0.1, 0.15) is 18.0 Å². The van der Waals surface area contributed by atoms with E-state index in [1.165, 1.54) is 10.5 Å². The second-order valence-corrected chi connectivity index (χ2v) is 6.62. The lowest BCUT2D eigenvalue weighted by molar-refractivity contribution is 0.102. The number of nitrogens with zero attached hydrogens (tertiary/aromatic N) is 2. The maximum absolute atomic E-state index is 12.6. The number of anilines is 1. The van der Waals surface area contributed by atoms with Crippen molar-refractivity contribution in [3.8, 4) is 5.75 Å². The number of hydrogen-bond donors (Lipinski definition) is 1. The number of fused-ring (bicyclic) bond motifs is 1. The highest BCUT2D eigenvalue weighted by molar-refractivity contribution is 6.05. The van der Waals surface area contributed by atoms with Gasteiger partial charge in [-0.2, -0.15) is 0 Å². The van der Waals surface area contributed by atoms with Crippen molar-refractivity contribution in [1.82, 2.24) is 9.38 Å². The molecule has 0 unspecified atom stereocenters. The Labute approximate surface area is 167 Å². The first kappa shape index (κ1) is 18.4. The zero-order valence-corrected chi connectivity index (χ0v) is 15.8. The van der Waals surface area contributed by atoms with Crippen molar-refractivity contribution in [2.75, 3.05) is 5.32 Å². The van der Waals surface area contributed by atoms with Crippen molar-refractivity contribution in [2.45, 2.75) is 13.5 Å². The quantitative estimate of drug-likeness (QED) is 0.567. The predicted octanol–water partition coefficient (Wildman–Crippen LogP) is 3.83. The van der Waals surface area contributed by atoms with Crippen LogP contribution in [0.5, 0.6) is 5.75 Å². The molecule has 0 fully saturated rings. The Morgan fingerprint density at radius 1 is 1.03 bits per heavy atom. The fourth-order valence-corrected chi connectivity index (χ4v) is 3.01. The van der Waals surface area contributed by atoms with Crippen molar-refractivity contribution in [1.29, 1.82) is 0 Å². The largest absolute Gasteiger partial charge is 0.485 e. The van der Waals surface area contributed by atoms with Crippen LogP contribution in [-0.2, 0) is 6.61 Å². The van der Waals surface area contributed by atoms with Crippen molar-refractivity contribution < 1.29 is 9.53 Å². The van der Waals surface area contributed by atoms with Gasteiger partial charge in [0.25, 0.3) is 11.5 Å². The summed E-state index contributed by atoms with van der Waals surface area (Å²) in [5.41, 5.74) is 3.03. The van der Waals surface area contributed by atoms with Crippen LogP contribution < -0.4 is 15.6 Å². The minimum Gasteiger partial charge on any atom is -0.485 e. The van der Waals surface area contributed by atoms with E-state index < -0.39 is 0 Å². The third-order valence-corrected chi connectivity index (χ3v) is 4.42. The second kappa shape index (κ2) is 7.98. The van der Waals surface area contributed by atoms with E-state index in [-0.39, 0.29) is 18.1 Å². The molecule has 0 aliphatic heterocycles. The van der Waals surface area contributed by atoms with E-state index in [2.05, 4.69) is 10.3 Å². The number of aryl methyl sites for hydroxylation is 1. The Balaban J connectivity index is 1.53. The van der Waals surface area contributed by atoms with Crippen LogP contribution in [0, 0.1) is 6.92 Å². The van der Waals surface area contributed by atoms with E-state index in [9.17, 15) is 9.59 Å². The Kier molecular flexibility index (Phi) is 5.07. The lowest BCUT2D eigenvalue weighted by Gasteiger charge is -2.13. The highest BCUT2D eigenvalue weighted by Crippen LogP contribution is 2.25. The van der Waals surface area contributed by atoms with E-state index in [0.717, 1.165) is 5.56 Å². The van der Waals surface area contributed by atoms with Crippen molar-refractivity contribution in [2.24, 2.45) is 0 Å². The molecule has 2 aromatic carbocycles. The van der Waals surface area contributed by atoms with Crippen LogP contribution in [0.25, 0.3) is 5.65 Å². The Hall–Kier alpha value is -3.93. The predicted molar refractivity (Wildman–Crippen MR) is 111 cm³/mol. The summed E-state index contributed by atoms with van der Waals surface area (Å²) >= 11 is 0. The van der Waals surface area contributed by atoms with E-state index in [0.29, 0.717) is 28.3 Å². The topological polar surface area (TPSA) is 72.7 Å². The summed E-state index contributed by atoms with van der Waals surface area (Å²) in [4.78, 5) is 29.2. The molecule has 29 heavy (non-hydrogen) atoms. The average Bonchev–Trinajstić information content (AvgIpc) is 2.73. The van der Waals surface area contributed by atoms with Gasteiger partial charge in [-0.3, -0.25) is 14.0 Å². The lowest BCUT2D eigenvalue weighted by atomic mass is 10.1. The maximum Gasteiger partial charge on any atom is 0.258 e. The molecule has 2 aromatic heterocycles. The number of pyridine rings is 1. The summed E-state index contributed by atoms with van der Waals surface area (Å²) in [7, 11) is 0. The fraction of sp³-hybridized carbons (Fsp3) is 0.0870. The second-order valence-electron chi connectivity index (χ2n) is 6.62. The van der Waals surface area contributed by atoms with Gasteiger partial charge in [0.05, 0.1) is 11.4 Å². The third kappa shape index (κ3) is 4.16. The van der Waals surface area contributed by atoms with E-state index in [1.54, 1.807) is 36.5 Å². The number of benzene rings is 2. The number of carbonyl (C=O) groups is 1. The molecular formula is C23H19N3O3. The molecule has 1 amide bonds. The fourth-order valence-electron chi connectivity index (χ4n) is 3.01. The normalized spacial score (nSPS) is 10.7. The molecule has 0 saturated carbocycles. The molecule has 0 aliphatic carbocycles. The Morgan fingerprint density at radius 3 is 2.72 bits per heavy atom. The molecule has 0 bridgehead atoms. The molecule has 144 valence electrons. The molecule has 4 aromatic rings. The van der Waals surface area contributed by atoms with Crippen LogP contribution >= 0.6 is 0 Å². The van der Waals surface area contributed by atoms with Crippen molar-refractivity contribution in [3.05, 3.63) is 106 Å². The first-order valence-corrected chi connectivity index (χ1v) is 9.17. The van der Waals surface area contributed by atoms with Gasteiger partial charge in [-0.25, -0.2) is 4.98 Å². The molecule has 1 N–H and O–H groups in total. The molecule has 0 radical (unpaired) electrons. The van der Waals surface area contributed by atoms with Crippen LogP contribution in [0.15, 0.2) is 83.8 Å². The summed E-state index contributed by atoms with van der Waals surface area (Å²) in [6, 6.07) is 21.3. The number of carbonyl (C=O) groups excluding carboxylic acids is 1. The number of hydrogen-bond acceptors (Lipinski definition) is 4. The van der Waals surface area contributed by atoms with Gasteiger partial charge >= 0.3 is 0 Å². The highest BCUT2D eigenvalue weighted by Gasteiger charge is 2.11. The first-order chi connectivity index (χ1) is 14.1. The average molecular weight is 385 g/mol. The molecular weight excluding hydrogens is 366 g/mol. The smallest absolute Gasteiger partial charge is 0.258 e. The standard InChI is InChI=1S/C23H19N3O3/c1-16-7-6-8-17(13-16)23(28)25-19-9-2-3-10-20(19)29-15-18-14-22(27)26-12-5-4-11-21(26)24-18/h2-14H,15H2,1H3,(H,25,28). The summed E-state index contributed by atoms with van der Waals surface area (Å²) in [6.45, 7) is 2.05. The monoisotopic (exact) mass is 385 g/mol. The van der Waals surface area contributed by atoms with Crippen molar-refractivity contribution >= 4 is 17.2 Å². The molecule has 0 spiro atoms. The van der Waals surface area contributed by atoms with Gasteiger partial charge in [-0.05, 0) is 43.3 Å². The minimum absolute atomic E-state index is 0.109. The lowest BCUT2D eigenvalue weighted by Crippen LogP contribution is -2.16. The molecule has 4 rings (SSSR count). The van der Waals surface area contributed by atoms with Gasteiger partial charge in [-0.1, -0.05) is 35.9 Å². The SMILES string of the molecule is Cc1cccc(C(=O)Nc2ccccc2OCc2cc(=O)n3ccccc3n2)c1. The van der Waals surface area contributed by atoms with Crippen LogP contribution in [0.3, 0.4) is 0 Å². The van der Waals surface area contributed by atoms with E-state index in [1.807, 2.05) is 43.3 Å². The summed E-state index contributed by atoms with van der Waals surface area (Å²) in [6.07, 6.45) is 1.67. The molecule has 0 aliphatic rings. The summed E-state index contributed by atoms with van der Waals surface area (Å²) < 4.78 is 7.33. The van der Waals surface area contributed by atoms with Crippen LogP contribution in [0.4, 0.5) is 5.69 Å². The minimum atomic E-state index is -0.216. The molecule has 0 atom stereocenters. The first-order valence-electron chi connectivity index (χ1n) is 9.17. The number of para-hydroxylation sites is 2. The molecule has 6 nitrogen and oxygen atoms in total. The van der Waals surface area contributed by atoms with Gasteiger partial charge < -0.3 is 10.1 Å². The highest BCUT2D eigenvalue weighted by atomic mass is 16.5. The summed E-state index contributed by atoms with van der Waals surface area (Å²) in [5.74, 6) is 0.287. The van der Waals surface area contributed by atoms with E-state index >= 15 is 0 Å². The zero-order chi connectivity index (χ0) is 20.2. The molecule has 0 saturated heterocycles. The Morgan fingerprint density at radius 2 is 1.86 bits per heavy atom. The summed E-state index contributed by atoms with van der Waals surface area (Å²) in [5, 5.41) is 2.88. The van der Waals surface area contributed by atoms with E-state index in [4.69, 9.17) is 4.74 Å². The number of amides is 1. The number of rotatable bonds is 5. The molecule has 6 heteroatoms. The third-order valence-electron chi connectivity index (χ3n) is 4.42. The van der Waals surface area contributed by atoms with Gasteiger partial charge in [-0.15, -0.1) is 0 Å². The van der Waals surface area contributed by atoms with Gasteiger partial charge in [0, 0.05) is 17.8 Å².